The van der Waals surface area contributed by atoms with E-state index < -0.39 is 5.97 Å². The molecule has 3 atom stereocenters. The van der Waals surface area contributed by atoms with Crippen LogP contribution in [0.15, 0.2) is 24.3 Å². The molecule has 154 valence electrons. The van der Waals surface area contributed by atoms with E-state index in [9.17, 15) is 9.59 Å². The predicted octanol–water partition coefficient (Wildman–Crippen LogP) is 5.71. The van der Waals surface area contributed by atoms with Crippen molar-refractivity contribution < 1.29 is 19.4 Å². The summed E-state index contributed by atoms with van der Waals surface area (Å²) in [5.41, 5.74) is 0. The first-order valence-electron chi connectivity index (χ1n) is 10.8. The minimum atomic E-state index is -0.752. The second kappa shape index (κ2) is 14.6. The second-order valence-electron chi connectivity index (χ2n) is 7.56. The van der Waals surface area contributed by atoms with E-state index in [0.29, 0.717) is 24.5 Å². The van der Waals surface area contributed by atoms with Crippen LogP contribution in [0.25, 0.3) is 0 Å². The second-order valence-corrected chi connectivity index (χ2v) is 7.56. The maximum atomic E-state index is 12.2. The first kappa shape index (κ1) is 23.6. The molecule has 0 aromatic heterocycles. The number of Topliss-reactive ketones (excluding diaryl/α,β-unsaturated/α-hetero) is 1. The van der Waals surface area contributed by atoms with Gasteiger partial charge in [0, 0.05) is 25.4 Å². The minimum Gasteiger partial charge on any atom is -0.481 e. The van der Waals surface area contributed by atoms with Crippen molar-refractivity contribution in [3.8, 4) is 0 Å². The van der Waals surface area contributed by atoms with Crippen LogP contribution in [0.1, 0.15) is 84.5 Å². The Kier molecular flexibility index (Phi) is 12.8. The third-order valence-electron chi connectivity index (χ3n) is 5.17. The number of unbranched alkanes of at least 4 members (excludes halogenated alkanes) is 3. The lowest BCUT2D eigenvalue weighted by molar-refractivity contribution is -0.137. The Morgan fingerprint density at radius 1 is 1.22 bits per heavy atom. The number of carbonyl (C=O) groups is 2. The standard InChI is InChI=1S/C23H38O4/c1-3-5-8-11-20(27-18-4-2)16-14-19-15-17-22(24)21(19)12-9-6-7-10-13-23(25)26/h6,9,14,16,19-21H,3-5,7-8,10-13,15,17-18H2,1-2H3,(H,25,26)/b9-6-,16-14+/t19-,20?,21+/m0/s1. The van der Waals surface area contributed by atoms with Gasteiger partial charge in [-0.2, -0.15) is 0 Å². The molecule has 1 fully saturated rings. The Morgan fingerprint density at radius 2 is 2.04 bits per heavy atom. The largest absolute Gasteiger partial charge is 0.481 e. The highest BCUT2D eigenvalue weighted by molar-refractivity contribution is 5.83. The highest BCUT2D eigenvalue weighted by Gasteiger charge is 2.31. The summed E-state index contributed by atoms with van der Waals surface area (Å²) in [6, 6.07) is 0. The topological polar surface area (TPSA) is 63.6 Å². The van der Waals surface area contributed by atoms with Gasteiger partial charge in [0.2, 0.25) is 0 Å². The molecule has 0 radical (unpaired) electrons. The molecule has 0 aromatic rings. The van der Waals surface area contributed by atoms with E-state index in [0.717, 1.165) is 38.7 Å². The molecule has 1 saturated carbocycles. The van der Waals surface area contributed by atoms with E-state index >= 15 is 0 Å². The van der Waals surface area contributed by atoms with Gasteiger partial charge in [0.05, 0.1) is 6.10 Å². The summed E-state index contributed by atoms with van der Waals surface area (Å²) in [6.45, 7) is 5.12. The summed E-state index contributed by atoms with van der Waals surface area (Å²) in [5, 5.41) is 8.65. The Bertz CT molecular complexity index is 481. The number of carboxylic acid groups (broad SMARTS) is 1. The fraction of sp³-hybridized carbons (Fsp3) is 0.739. The molecule has 0 saturated heterocycles. The van der Waals surface area contributed by atoms with E-state index in [-0.39, 0.29) is 18.4 Å². The van der Waals surface area contributed by atoms with Crippen molar-refractivity contribution in [1.82, 2.24) is 0 Å². The van der Waals surface area contributed by atoms with Gasteiger partial charge < -0.3 is 9.84 Å². The molecular formula is C23H38O4. The van der Waals surface area contributed by atoms with Gasteiger partial charge in [0.1, 0.15) is 5.78 Å². The van der Waals surface area contributed by atoms with Crippen LogP contribution in [0, 0.1) is 11.8 Å². The third-order valence-corrected chi connectivity index (χ3v) is 5.17. The van der Waals surface area contributed by atoms with Crippen LogP contribution in [0.5, 0.6) is 0 Å². The number of hydrogen-bond acceptors (Lipinski definition) is 3. The molecule has 1 N–H and O–H groups in total. The fourth-order valence-corrected chi connectivity index (χ4v) is 3.57. The molecule has 1 rings (SSSR count). The molecule has 27 heavy (non-hydrogen) atoms. The molecule has 4 nitrogen and oxygen atoms in total. The molecule has 0 amide bonds. The lowest BCUT2D eigenvalue weighted by Crippen LogP contribution is -2.15. The van der Waals surface area contributed by atoms with Gasteiger partial charge in [-0.25, -0.2) is 0 Å². The van der Waals surface area contributed by atoms with Gasteiger partial charge >= 0.3 is 5.97 Å². The van der Waals surface area contributed by atoms with Crippen molar-refractivity contribution in [3.63, 3.8) is 0 Å². The zero-order valence-electron chi connectivity index (χ0n) is 17.2. The summed E-state index contributed by atoms with van der Waals surface area (Å²) in [4.78, 5) is 22.8. The molecule has 1 aliphatic carbocycles. The highest BCUT2D eigenvalue weighted by Crippen LogP contribution is 2.33. The number of ether oxygens (including phenoxy) is 1. The van der Waals surface area contributed by atoms with Crippen molar-refractivity contribution in [3.05, 3.63) is 24.3 Å². The van der Waals surface area contributed by atoms with Gasteiger partial charge in [0.15, 0.2) is 0 Å². The Balaban J connectivity index is 2.50. The summed E-state index contributed by atoms with van der Waals surface area (Å²) in [7, 11) is 0. The zero-order valence-corrected chi connectivity index (χ0v) is 17.2. The van der Waals surface area contributed by atoms with E-state index in [1.54, 1.807) is 0 Å². The van der Waals surface area contributed by atoms with Crippen molar-refractivity contribution in [2.45, 2.75) is 90.6 Å². The van der Waals surface area contributed by atoms with Gasteiger partial charge in [-0.05, 0) is 44.4 Å². The molecule has 4 heteroatoms. The normalized spacial score (nSPS) is 21.5. The number of ketones is 1. The average Bonchev–Trinajstić information content (AvgIpc) is 2.99. The van der Waals surface area contributed by atoms with Crippen molar-refractivity contribution in [2.24, 2.45) is 11.8 Å². The molecule has 0 spiro atoms. The van der Waals surface area contributed by atoms with Crippen LogP contribution in [0.3, 0.4) is 0 Å². The quantitative estimate of drug-likeness (QED) is 0.293. The minimum absolute atomic E-state index is 0.0689. The lowest BCUT2D eigenvalue weighted by Gasteiger charge is -2.17. The van der Waals surface area contributed by atoms with Crippen LogP contribution >= 0.6 is 0 Å². The van der Waals surface area contributed by atoms with E-state index in [4.69, 9.17) is 9.84 Å². The maximum Gasteiger partial charge on any atom is 0.303 e. The molecule has 1 aliphatic rings. The summed E-state index contributed by atoms with van der Waals surface area (Å²) < 4.78 is 5.97. The number of carboxylic acids is 1. The molecule has 0 heterocycles. The van der Waals surface area contributed by atoms with Crippen LogP contribution in [0.4, 0.5) is 0 Å². The van der Waals surface area contributed by atoms with Crippen LogP contribution in [-0.2, 0) is 14.3 Å². The smallest absolute Gasteiger partial charge is 0.303 e. The van der Waals surface area contributed by atoms with Crippen LogP contribution in [0.2, 0.25) is 0 Å². The van der Waals surface area contributed by atoms with Crippen molar-refractivity contribution in [2.75, 3.05) is 6.61 Å². The average molecular weight is 379 g/mol. The fourth-order valence-electron chi connectivity index (χ4n) is 3.57. The molecular weight excluding hydrogens is 340 g/mol. The summed E-state index contributed by atoms with van der Waals surface area (Å²) in [5.74, 6) is -0.0188. The Morgan fingerprint density at radius 3 is 2.74 bits per heavy atom. The van der Waals surface area contributed by atoms with Gasteiger partial charge in [-0.1, -0.05) is 57.4 Å². The van der Waals surface area contributed by atoms with Gasteiger partial charge in [-0.15, -0.1) is 0 Å². The maximum absolute atomic E-state index is 12.2. The first-order chi connectivity index (χ1) is 13.1. The predicted molar refractivity (Wildman–Crippen MR) is 110 cm³/mol. The van der Waals surface area contributed by atoms with E-state index in [1.807, 2.05) is 6.08 Å². The summed E-state index contributed by atoms with van der Waals surface area (Å²) in [6.07, 6.45) is 18.3. The van der Waals surface area contributed by atoms with E-state index in [2.05, 4.69) is 32.1 Å². The Hall–Kier alpha value is -1.42. The number of hydrogen-bond donors (Lipinski definition) is 1. The zero-order chi connectivity index (χ0) is 19.9. The number of rotatable bonds is 15. The monoisotopic (exact) mass is 378 g/mol. The third kappa shape index (κ3) is 10.5. The van der Waals surface area contributed by atoms with Gasteiger partial charge in [-0.3, -0.25) is 9.59 Å². The summed E-state index contributed by atoms with van der Waals surface area (Å²) >= 11 is 0. The van der Waals surface area contributed by atoms with Crippen molar-refractivity contribution >= 4 is 11.8 Å². The molecule has 0 bridgehead atoms. The SMILES string of the molecule is CCCCCC(/C=C/[C@H]1CCC(=O)[C@@H]1C/C=C\CCCC(=O)O)OCCC. The Labute approximate surface area is 165 Å². The van der Waals surface area contributed by atoms with Crippen LogP contribution in [-0.4, -0.2) is 29.6 Å². The van der Waals surface area contributed by atoms with Crippen LogP contribution < -0.4 is 0 Å². The lowest BCUT2D eigenvalue weighted by atomic mass is 9.91. The highest BCUT2D eigenvalue weighted by atomic mass is 16.5. The number of allylic oxidation sites excluding steroid dienone is 3. The van der Waals surface area contributed by atoms with E-state index in [1.165, 1.54) is 19.3 Å². The van der Waals surface area contributed by atoms with Gasteiger partial charge in [0.25, 0.3) is 0 Å². The van der Waals surface area contributed by atoms with Crippen molar-refractivity contribution in [1.29, 1.82) is 0 Å². The molecule has 0 aliphatic heterocycles. The molecule has 1 unspecified atom stereocenters. The number of carbonyl (C=O) groups excluding carboxylic acids is 1. The number of aliphatic carboxylic acids is 1. The molecule has 0 aromatic carbocycles. The first-order valence-corrected chi connectivity index (χ1v) is 10.8.